The highest BCUT2D eigenvalue weighted by atomic mass is 127. The fraction of sp³-hybridized carbons (Fsp3) is 0.650. The molecule has 0 amide bonds. The summed E-state index contributed by atoms with van der Waals surface area (Å²) in [6.07, 6.45) is 3.32. The third kappa shape index (κ3) is 13.7. The van der Waals surface area contributed by atoms with Gasteiger partial charge in [0, 0.05) is 46.0 Å². The molecule has 0 saturated carbocycles. The number of ether oxygens (including phenoxy) is 2. The molecule has 156 valence electrons. The fourth-order valence-corrected chi connectivity index (χ4v) is 2.37. The van der Waals surface area contributed by atoms with Crippen LogP contribution in [0.1, 0.15) is 26.2 Å². The Hall–Kier alpha value is -1.06. The minimum atomic E-state index is 0. The quantitative estimate of drug-likeness (QED) is 0.181. The van der Waals surface area contributed by atoms with E-state index in [0.29, 0.717) is 19.8 Å². The van der Waals surface area contributed by atoms with Gasteiger partial charge in [-0.05, 0) is 25.0 Å². The molecule has 27 heavy (non-hydrogen) atoms. The molecule has 0 aliphatic rings. The number of unbranched alkanes of at least 4 members (excludes halogenated alkanes) is 1. The first-order valence-electron chi connectivity index (χ1n) is 9.64. The second kappa shape index (κ2) is 18.3. The highest BCUT2D eigenvalue weighted by Gasteiger charge is 2.00. The standard InChI is InChI=1S/C20H36N4O2.HI/c1-4-5-15-25-17-18-26-16-13-23-20(21-2)22-12-9-14-24(3)19-10-7-6-8-11-19;/h6-8,10-11H,4-5,9,12-18H2,1-3H3,(H2,21,22,23);1H. The van der Waals surface area contributed by atoms with Crippen LogP contribution in [0.5, 0.6) is 0 Å². The average molecular weight is 492 g/mol. The fourth-order valence-electron chi connectivity index (χ4n) is 2.37. The molecule has 0 saturated heterocycles. The van der Waals surface area contributed by atoms with Gasteiger partial charge in [-0.1, -0.05) is 31.5 Å². The number of halogens is 1. The van der Waals surface area contributed by atoms with E-state index in [4.69, 9.17) is 9.47 Å². The first kappa shape index (κ1) is 25.9. The van der Waals surface area contributed by atoms with E-state index in [1.807, 2.05) is 6.07 Å². The highest BCUT2D eigenvalue weighted by molar-refractivity contribution is 14.0. The van der Waals surface area contributed by atoms with Crippen LogP contribution in [0.4, 0.5) is 5.69 Å². The molecule has 1 aromatic carbocycles. The van der Waals surface area contributed by atoms with E-state index in [1.54, 1.807) is 7.05 Å². The number of anilines is 1. The van der Waals surface area contributed by atoms with Crippen molar-refractivity contribution in [2.24, 2.45) is 4.99 Å². The van der Waals surface area contributed by atoms with Crippen molar-refractivity contribution in [2.75, 3.05) is 65.1 Å². The van der Waals surface area contributed by atoms with Gasteiger partial charge in [-0.15, -0.1) is 24.0 Å². The molecule has 1 rings (SSSR count). The Labute approximate surface area is 182 Å². The lowest BCUT2D eigenvalue weighted by atomic mass is 10.3. The van der Waals surface area contributed by atoms with Crippen LogP contribution in [0.15, 0.2) is 35.3 Å². The van der Waals surface area contributed by atoms with E-state index in [9.17, 15) is 0 Å². The van der Waals surface area contributed by atoms with Gasteiger partial charge in [0.15, 0.2) is 5.96 Å². The van der Waals surface area contributed by atoms with Crippen LogP contribution in [-0.4, -0.2) is 66.1 Å². The average Bonchev–Trinajstić information content (AvgIpc) is 2.68. The van der Waals surface area contributed by atoms with Gasteiger partial charge in [-0.2, -0.15) is 0 Å². The maximum Gasteiger partial charge on any atom is 0.191 e. The number of para-hydroxylation sites is 1. The zero-order valence-corrected chi connectivity index (χ0v) is 19.4. The molecule has 0 fully saturated rings. The Bertz CT molecular complexity index is 474. The number of nitrogens with zero attached hydrogens (tertiary/aromatic N) is 2. The van der Waals surface area contributed by atoms with Crippen LogP contribution in [0.2, 0.25) is 0 Å². The van der Waals surface area contributed by atoms with E-state index < -0.39 is 0 Å². The number of hydrogen-bond donors (Lipinski definition) is 2. The minimum absolute atomic E-state index is 0. The number of benzene rings is 1. The van der Waals surface area contributed by atoms with Gasteiger partial charge in [0.2, 0.25) is 0 Å². The van der Waals surface area contributed by atoms with Crippen molar-refractivity contribution in [1.29, 1.82) is 0 Å². The third-order valence-electron chi connectivity index (χ3n) is 3.94. The molecular weight excluding hydrogens is 455 g/mol. The SMILES string of the molecule is CCCCOCCOCCNC(=NC)NCCCN(C)c1ccccc1.I. The third-order valence-corrected chi connectivity index (χ3v) is 3.94. The predicted molar refractivity (Wildman–Crippen MR) is 126 cm³/mol. The maximum atomic E-state index is 5.54. The van der Waals surface area contributed by atoms with Crippen molar-refractivity contribution in [2.45, 2.75) is 26.2 Å². The summed E-state index contributed by atoms with van der Waals surface area (Å²) < 4.78 is 11.0. The van der Waals surface area contributed by atoms with Gasteiger partial charge >= 0.3 is 0 Å². The second-order valence-electron chi connectivity index (χ2n) is 6.11. The van der Waals surface area contributed by atoms with E-state index in [1.165, 1.54) is 12.1 Å². The Morgan fingerprint density at radius 2 is 1.63 bits per heavy atom. The molecule has 0 unspecified atom stereocenters. The smallest absolute Gasteiger partial charge is 0.191 e. The van der Waals surface area contributed by atoms with Crippen LogP contribution >= 0.6 is 24.0 Å². The lowest BCUT2D eigenvalue weighted by Crippen LogP contribution is -2.40. The highest BCUT2D eigenvalue weighted by Crippen LogP contribution is 2.10. The number of nitrogens with one attached hydrogen (secondary N) is 2. The topological polar surface area (TPSA) is 58.1 Å². The van der Waals surface area contributed by atoms with Gasteiger partial charge in [0.1, 0.15) is 0 Å². The normalized spacial score (nSPS) is 11.0. The van der Waals surface area contributed by atoms with Crippen LogP contribution in [0, 0.1) is 0 Å². The van der Waals surface area contributed by atoms with Crippen molar-refractivity contribution in [3.63, 3.8) is 0 Å². The van der Waals surface area contributed by atoms with E-state index in [2.05, 4.69) is 58.8 Å². The summed E-state index contributed by atoms with van der Waals surface area (Å²) >= 11 is 0. The van der Waals surface area contributed by atoms with E-state index in [-0.39, 0.29) is 24.0 Å². The van der Waals surface area contributed by atoms with Crippen molar-refractivity contribution in [3.8, 4) is 0 Å². The molecule has 0 atom stereocenters. The number of aliphatic imine (C=N–C) groups is 1. The molecule has 2 N–H and O–H groups in total. The van der Waals surface area contributed by atoms with Crippen LogP contribution < -0.4 is 15.5 Å². The molecular formula is C20H37IN4O2. The number of rotatable bonds is 14. The van der Waals surface area contributed by atoms with Crippen LogP contribution in [-0.2, 0) is 9.47 Å². The van der Waals surface area contributed by atoms with Gasteiger partial charge in [-0.25, -0.2) is 0 Å². The minimum Gasteiger partial charge on any atom is -0.379 e. The summed E-state index contributed by atoms with van der Waals surface area (Å²) in [4.78, 5) is 6.49. The summed E-state index contributed by atoms with van der Waals surface area (Å²) in [7, 11) is 3.90. The largest absolute Gasteiger partial charge is 0.379 e. The summed E-state index contributed by atoms with van der Waals surface area (Å²) in [6, 6.07) is 10.4. The molecule has 0 aliphatic carbocycles. The zero-order chi connectivity index (χ0) is 18.9. The first-order valence-corrected chi connectivity index (χ1v) is 9.64. The van der Waals surface area contributed by atoms with Crippen molar-refractivity contribution < 1.29 is 9.47 Å². The molecule has 0 aromatic heterocycles. The molecule has 0 bridgehead atoms. The molecule has 0 aliphatic heterocycles. The monoisotopic (exact) mass is 492 g/mol. The van der Waals surface area contributed by atoms with Gasteiger partial charge < -0.3 is 25.0 Å². The number of hydrogen-bond acceptors (Lipinski definition) is 4. The Kier molecular flexibility index (Phi) is 17.6. The molecule has 0 spiro atoms. The first-order chi connectivity index (χ1) is 12.8. The van der Waals surface area contributed by atoms with Crippen molar-refractivity contribution in [1.82, 2.24) is 10.6 Å². The second-order valence-corrected chi connectivity index (χ2v) is 6.11. The molecule has 0 heterocycles. The van der Waals surface area contributed by atoms with Crippen molar-refractivity contribution >= 4 is 35.6 Å². The van der Waals surface area contributed by atoms with E-state index in [0.717, 1.165) is 45.0 Å². The van der Waals surface area contributed by atoms with Gasteiger partial charge in [-0.3, -0.25) is 4.99 Å². The predicted octanol–water partition coefficient (Wildman–Crippen LogP) is 3.13. The summed E-state index contributed by atoms with van der Waals surface area (Å²) in [5, 5.41) is 6.59. The lowest BCUT2D eigenvalue weighted by Gasteiger charge is -2.19. The van der Waals surface area contributed by atoms with Crippen LogP contribution in [0.3, 0.4) is 0 Å². The van der Waals surface area contributed by atoms with Gasteiger partial charge in [0.05, 0.1) is 19.8 Å². The zero-order valence-electron chi connectivity index (χ0n) is 17.1. The maximum absolute atomic E-state index is 5.54. The van der Waals surface area contributed by atoms with E-state index >= 15 is 0 Å². The summed E-state index contributed by atoms with van der Waals surface area (Å²) in [5.74, 6) is 0.815. The van der Waals surface area contributed by atoms with Gasteiger partial charge in [0.25, 0.3) is 0 Å². The molecule has 1 aromatic rings. The summed E-state index contributed by atoms with van der Waals surface area (Å²) in [6.45, 7) is 7.55. The molecule has 6 nitrogen and oxygen atoms in total. The number of guanidine groups is 1. The lowest BCUT2D eigenvalue weighted by molar-refractivity contribution is 0.0487. The Balaban J connectivity index is 0.00000676. The van der Waals surface area contributed by atoms with Crippen LogP contribution in [0.25, 0.3) is 0 Å². The van der Waals surface area contributed by atoms with Crippen molar-refractivity contribution in [3.05, 3.63) is 30.3 Å². The molecule has 0 radical (unpaired) electrons. The molecule has 7 heteroatoms. The Morgan fingerprint density at radius 1 is 0.963 bits per heavy atom. The summed E-state index contributed by atoms with van der Waals surface area (Å²) in [5.41, 5.74) is 1.24. The Morgan fingerprint density at radius 3 is 2.30 bits per heavy atom.